The lowest BCUT2D eigenvalue weighted by molar-refractivity contribution is 0.217. The minimum absolute atomic E-state index is 0.399. The summed E-state index contributed by atoms with van der Waals surface area (Å²) < 4.78 is 12.1. The van der Waals surface area contributed by atoms with E-state index in [1.807, 2.05) is 24.3 Å². The minimum atomic E-state index is 0.399. The number of hydrogen-bond acceptors (Lipinski definition) is 2. The number of halogens is 3. The van der Waals surface area contributed by atoms with Gasteiger partial charge in [0.05, 0.1) is 5.02 Å². The summed E-state index contributed by atoms with van der Waals surface area (Å²) in [6, 6.07) is 12.9. The molecule has 2 rings (SSSR count). The third kappa shape index (κ3) is 4.30. The lowest BCUT2D eigenvalue weighted by Crippen LogP contribution is -2.09. The van der Waals surface area contributed by atoms with Crippen molar-refractivity contribution in [2.75, 3.05) is 13.2 Å². The second-order valence-electron chi connectivity index (χ2n) is 3.70. The molecule has 0 radical (unpaired) electrons. The van der Waals surface area contributed by atoms with Crippen LogP contribution in [0.5, 0.6) is 11.5 Å². The Morgan fingerprint density at radius 1 is 0.895 bits per heavy atom. The fraction of sp³-hybridized carbons (Fsp3) is 0.143. The highest BCUT2D eigenvalue weighted by atomic mass is 79.9. The van der Waals surface area contributed by atoms with Crippen molar-refractivity contribution in [3.8, 4) is 11.5 Å². The Labute approximate surface area is 130 Å². The van der Waals surface area contributed by atoms with Crippen molar-refractivity contribution in [1.82, 2.24) is 0 Å². The number of benzene rings is 2. The van der Waals surface area contributed by atoms with Gasteiger partial charge in [0.25, 0.3) is 0 Å². The maximum atomic E-state index is 6.00. The summed E-state index contributed by atoms with van der Waals surface area (Å²) in [5.41, 5.74) is 0. The van der Waals surface area contributed by atoms with Crippen LogP contribution >= 0.6 is 39.1 Å². The van der Waals surface area contributed by atoms with Crippen molar-refractivity contribution in [2.45, 2.75) is 0 Å². The van der Waals surface area contributed by atoms with Gasteiger partial charge in [-0.15, -0.1) is 0 Å². The fourth-order valence-corrected chi connectivity index (χ4v) is 2.05. The first-order chi connectivity index (χ1) is 9.16. The molecule has 0 saturated heterocycles. The summed E-state index contributed by atoms with van der Waals surface area (Å²) in [6.07, 6.45) is 0. The molecule has 19 heavy (non-hydrogen) atoms. The lowest BCUT2D eigenvalue weighted by Gasteiger charge is -2.10. The van der Waals surface area contributed by atoms with Gasteiger partial charge in [-0.3, -0.25) is 0 Å². The molecule has 0 spiro atoms. The molecule has 0 saturated carbocycles. The molecule has 0 N–H and O–H groups in total. The van der Waals surface area contributed by atoms with E-state index in [0.717, 1.165) is 10.2 Å². The smallest absolute Gasteiger partial charge is 0.139 e. The van der Waals surface area contributed by atoms with Gasteiger partial charge in [-0.25, -0.2) is 0 Å². The van der Waals surface area contributed by atoms with Gasteiger partial charge in [-0.1, -0.05) is 45.2 Å². The minimum Gasteiger partial charge on any atom is -0.490 e. The monoisotopic (exact) mass is 360 g/mol. The Bertz CT molecular complexity index is 544. The van der Waals surface area contributed by atoms with E-state index in [1.165, 1.54) is 0 Å². The average Bonchev–Trinajstić information content (AvgIpc) is 2.41. The van der Waals surface area contributed by atoms with Crippen molar-refractivity contribution in [1.29, 1.82) is 0 Å². The molecule has 2 aromatic rings. The van der Waals surface area contributed by atoms with E-state index in [2.05, 4.69) is 15.9 Å². The van der Waals surface area contributed by atoms with Crippen LogP contribution in [0.3, 0.4) is 0 Å². The Kier molecular flexibility index (Phi) is 5.37. The molecule has 0 unspecified atom stereocenters. The van der Waals surface area contributed by atoms with E-state index in [-0.39, 0.29) is 0 Å². The molecule has 5 heteroatoms. The van der Waals surface area contributed by atoms with Crippen LogP contribution in [0, 0.1) is 0 Å². The first-order valence-electron chi connectivity index (χ1n) is 5.62. The molecule has 0 fully saturated rings. The predicted molar refractivity (Wildman–Crippen MR) is 81.6 cm³/mol. The summed E-state index contributed by atoms with van der Waals surface area (Å²) in [5.74, 6) is 1.36. The molecule has 0 aliphatic heterocycles. The highest BCUT2D eigenvalue weighted by molar-refractivity contribution is 9.10. The van der Waals surface area contributed by atoms with E-state index in [0.29, 0.717) is 29.0 Å². The Morgan fingerprint density at radius 3 is 2.32 bits per heavy atom. The van der Waals surface area contributed by atoms with Crippen LogP contribution < -0.4 is 9.47 Å². The molecule has 2 nitrogen and oxygen atoms in total. The largest absolute Gasteiger partial charge is 0.490 e. The van der Waals surface area contributed by atoms with Crippen LogP contribution in [-0.2, 0) is 0 Å². The van der Waals surface area contributed by atoms with Crippen LogP contribution in [0.2, 0.25) is 10.0 Å². The quantitative estimate of drug-likeness (QED) is 0.680. The Morgan fingerprint density at radius 2 is 1.58 bits per heavy atom. The average molecular weight is 362 g/mol. The second kappa shape index (κ2) is 7.04. The maximum Gasteiger partial charge on any atom is 0.139 e. The lowest BCUT2D eigenvalue weighted by atomic mass is 10.3. The molecule has 2 aromatic carbocycles. The fourth-order valence-electron chi connectivity index (χ4n) is 1.44. The Hall–Kier alpha value is -0.900. The van der Waals surface area contributed by atoms with Gasteiger partial charge in [-0.2, -0.15) is 0 Å². The third-order valence-electron chi connectivity index (χ3n) is 2.34. The number of hydrogen-bond donors (Lipinski definition) is 0. The molecular formula is C14H11BrCl2O2. The van der Waals surface area contributed by atoms with Crippen LogP contribution in [-0.4, -0.2) is 13.2 Å². The molecular weight excluding hydrogens is 351 g/mol. The normalized spacial score (nSPS) is 10.3. The van der Waals surface area contributed by atoms with Gasteiger partial charge >= 0.3 is 0 Å². The van der Waals surface area contributed by atoms with Crippen molar-refractivity contribution in [2.24, 2.45) is 0 Å². The first-order valence-corrected chi connectivity index (χ1v) is 7.17. The van der Waals surface area contributed by atoms with E-state index < -0.39 is 0 Å². The van der Waals surface area contributed by atoms with E-state index in [1.54, 1.807) is 18.2 Å². The third-order valence-corrected chi connectivity index (χ3v) is 3.67. The summed E-state index contributed by atoms with van der Waals surface area (Å²) >= 11 is 15.3. The van der Waals surface area contributed by atoms with Crippen LogP contribution in [0.1, 0.15) is 0 Å². The van der Waals surface area contributed by atoms with Gasteiger partial charge in [0.1, 0.15) is 29.7 Å². The number of ether oxygens (including phenoxy) is 2. The van der Waals surface area contributed by atoms with Gasteiger partial charge in [0.2, 0.25) is 0 Å². The highest BCUT2D eigenvalue weighted by Crippen LogP contribution is 2.31. The second-order valence-corrected chi connectivity index (χ2v) is 5.40. The highest BCUT2D eigenvalue weighted by Gasteiger charge is 2.04. The predicted octanol–water partition coefficient (Wildman–Crippen LogP) is 5.21. The van der Waals surface area contributed by atoms with Crippen molar-refractivity contribution >= 4 is 39.1 Å². The molecule has 0 amide bonds. The standard InChI is InChI=1S/C14H11BrCl2O2/c15-10-4-6-11(7-5-10)18-8-9-19-13-3-1-2-12(16)14(13)17/h1-7H,8-9H2. The van der Waals surface area contributed by atoms with Gasteiger partial charge in [0, 0.05) is 4.47 Å². The van der Waals surface area contributed by atoms with Gasteiger partial charge in [-0.05, 0) is 36.4 Å². The van der Waals surface area contributed by atoms with E-state index in [4.69, 9.17) is 32.7 Å². The topological polar surface area (TPSA) is 18.5 Å². The van der Waals surface area contributed by atoms with Crippen molar-refractivity contribution in [3.05, 3.63) is 57.0 Å². The van der Waals surface area contributed by atoms with Crippen LogP contribution in [0.25, 0.3) is 0 Å². The molecule has 0 heterocycles. The molecule has 0 bridgehead atoms. The summed E-state index contributed by atoms with van der Waals surface area (Å²) in [5, 5.41) is 0.904. The van der Waals surface area contributed by atoms with Crippen molar-refractivity contribution < 1.29 is 9.47 Å². The maximum absolute atomic E-state index is 6.00. The number of rotatable bonds is 5. The van der Waals surface area contributed by atoms with E-state index in [9.17, 15) is 0 Å². The zero-order valence-electron chi connectivity index (χ0n) is 9.91. The summed E-state index contributed by atoms with van der Waals surface area (Å²) in [4.78, 5) is 0. The zero-order chi connectivity index (χ0) is 13.7. The summed E-state index contributed by atoms with van der Waals surface area (Å²) in [6.45, 7) is 0.834. The van der Waals surface area contributed by atoms with Gasteiger partial charge < -0.3 is 9.47 Å². The van der Waals surface area contributed by atoms with Crippen LogP contribution in [0.15, 0.2) is 46.9 Å². The SMILES string of the molecule is Clc1cccc(OCCOc2ccc(Br)cc2)c1Cl. The molecule has 100 valence electrons. The van der Waals surface area contributed by atoms with E-state index >= 15 is 0 Å². The van der Waals surface area contributed by atoms with Crippen molar-refractivity contribution in [3.63, 3.8) is 0 Å². The molecule has 0 aliphatic rings. The van der Waals surface area contributed by atoms with Crippen LogP contribution in [0.4, 0.5) is 0 Å². The molecule has 0 atom stereocenters. The zero-order valence-corrected chi connectivity index (χ0v) is 13.0. The molecule has 0 aromatic heterocycles. The molecule has 0 aliphatic carbocycles. The first kappa shape index (κ1) is 14.5. The summed E-state index contributed by atoms with van der Waals surface area (Å²) in [7, 11) is 0. The Balaban J connectivity index is 1.81. The van der Waals surface area contributed by atoms with Gasteiger partial charge in [0.15, 0.2) is 0 Å².